The van der Waals surface area contributed by atoms with Crippen LogP contribution in [0.4, 0.5) is 11.6 Å². The molecule has 1 amide bonds. The van der Waals surface area contributed by atoms with Crippen molar-refractivity contribution >= 4 is 29.3 Å². The number of benzene rings is 1. The minimum absolute atomic E-state index is 0.0233. The Morgan fingerprint density at radius 2 is 2.20 bits per heavy atom. The molecule has 20 heavy (non-hydrogen) atoms. The number of carbonyl (C=O) groups excluding carboxylic acids is 1. The molecular weight excluding hydrogens is 274 g/mol. The van der Waals surface area contributed by atoms with Crippen molar-refractivity contribution in [3.8, 4) is 0 Å². The van der Waals surface area contributed by atoms with E-state index in [1.807, 2.05) is 38.1 Å². The van der Waals surface area contributed by atoms with Gasteiger partial charge in [-0.2, -0.15) is 4.98 Å². The van der Waals surface area contributed by atoms with E-state index in [1.54, 1.807) is 4.90 Å². The van der Waals surface area contributed by atoms with E-state index in [-0.39, 0.29) is 17.6 Å². The van der Waals surface area contributed by atoms with Crippen LogP contribution in [0.1, 0.15) is 12.5 Å². The van der Waals surface area contributed by atoms with Crippen molar-refractivity contribution < 1.29 is 4.79 Å². The van der Waals surface area contributed by atoms with E-state index in [0.29, 0.717) is 11.7 Å². The summed E-state index contributed by atoms with van der Waals surface area (Å²) in [5.74, 6) is 0.556. The van der Waals surface area contributed by atoms with E-state index in [0.717, 1.165) is 11.3 Å². The molecule has 0 aliphatic heterocycles. The van der Waals surface area contributed by atoms with E-state index in [1.165, 1.54) is 11.8 Å². The molecule has 0 aliphatic carbocycles. The second kappa shape index (κ2) is 6.42. The van der Waals surface area contributed by atoms with E-state index < -0.39 is 0 Å². The van der Waals surface area contributed by atoms with Crippen molar-refractivity contribution in [2.45, 2.75) is 19.0 Å². The van der Waals surface area contributed by atoms with Gasteiger partial charge in [-0.25, -0.2) is 5.10 Å². The standard InChI is InChI=1S/C13H17N5OS/c1-3-18(10-7-5-4-6-9(10)2)11(19)8-20-13-15-12(14)16-17-13/h4-7H,3,8H2,1-2H3,(H3,14,15,16,17). The lowest BCUT2D eigenvalue weighted by molar-refractivity contribution is -0.116. The molecule has 0 bridgehead atoms. The average Bonchev–Trinajstić information content (AvgIpc) is 2.85. The number of nitrogens with one attached hydrogen (secondary N) is 1. The Hall–Kier alpha value is -2.02. The van der Waals surface area contributed by atoms with Crippen molar-refractivity contribution in [2.75, 3.05) is 22.9 Å². The fraction of sp³-hybridized carbons (Fsp3) is 0.308. The van der Waals surface area contributed by atoms with E-state index in [9.17, 15) is 4.79 Å². The third-order valence-electron chi connectivity index (χ3n) is 2.83. The fourth-order valence-corrected chi connectivity index (χ4v) is 2.56. The Labute approximate surface area is 121 Å². The molecule has 1 heterocycles. The molecular formula is C13H17N5OS. The molecule has 1 aromatic carbocycles. The lowest BCUT2D eigenvalue weighted by Gasteiger charge is -2.22. The Kier molecular flexibility index (Phi) is 4.62. The number of rotatable bonds is 5. The highest BCUT2D eigenvalue weighted by atomic mass is 32.2. The van der Waals surface area contributed by atoms with Crippen LogP contribution in [0.2, 0.25) is 0 Å². The topological polar surface area (TPSA) is 87.9 Å². The van der Waals surface area contributed by atoms with Gasteiger partial charge in [-0.05, 0) is 25.5 Å². The Morgan fingerprint density at radius 3 is 2.80 bits per heavy atom. The van der Waals surface area contributed by atoms with Gasteiger partial charge in [-0.1, -0.05) is 30.0 Å². The van der Waals surface area contributed by atoms with Crippen LogP contribution in [0.25, 0.3) is 0 Å². The minimum Gasteiger partial charge on any atom is -0.368 e. The summed E-state index contributed by atoms with van der Waals surface area (Å²) in [6, 6.07) is 7.84. The maximum atomic E-state index is 12.3. The van der Waals surface area contributed by atoms with Crippen molar-refractivity contribution in [3.05, 3.63) is 29.8 Å². The van der Waals surface area contributed by atoms with Gasteiger partial charge in [0.1, 0.15) is 0 Å². The van der Waals surface area contributed by atoms with Gasteiger partial charge in [-0.3, -0.25) is 4.79 Å². The Balaban J connectivity index is 2.04. The third kappa shape index (κ3) is 3.30. The molecule has 0 unspecified atom stereocenters. The maximum Gasteiger partial charge on any atom is 0.237 e. The van der Waals surface area contributed by atoms with Crippen LogP contribution in [0, 0.1) is 6.92 Å². The lowest BCUT2D eigenvalue weighted by Crippen LogP contribution is -2.32. The predicted molar refractivity (Wildman–Crippen MR) is 80.7 cm³/mol. The predicted octanol–water partition coefficient (Wildman–Crippen LogP) is 1.84. The average molecular weight is 291 g/mol. The molecule has 2 rings (SSSR count). The number of nitrogens with zero attached hydrogens (tertiary/aromatic N) is 3. The minimum atomic E-state index is 0.0233. The van der Waals surface area contributed by atoms with Crippen molar-refractivity contribution in [3.63, 3.8) is 0 Å². The van der Waals surface area contributed by atoms with Crippen LogP contribution in [0.5, 0.6) is 0 Å². The number of para-hydroxylation sites is 1. The summed E-state index contributed by atoms with van der Waals surface area (Å²) >= 11 is 1.27. The van der Waals surface area contributed by atoms with Gasteiger partial charge in [0.05, 0.1) is 5.75 Å². The first-order valence-corrected chi connectivity index (χ1v) is 7.27. The highest BCUT2D eigenvalue weighted by Crippen LogP contribution is 2.21. The van der Waals surface area contributed by atoms with Crippen LogP contribution < -0.4 is 10.6 Å². The first kappa shape index (κ1) is 14.4. The van der Waals surface area contributed by atoms with Crippen LogP contribution in [0.3, 0.4) is 0 Å². The molecule has 1 aromatic heterocycles. The van der Waals surface area contributed by atoms with Gasteiger partial charge in [0.2, 0.25) is 17.0 Å². The van der Waals surface area contributed by atoms with Gasteiger partial charge in [0.25, 0.3) is 0 Å². The number of thioether (sulfide) groups is 1. The number of hydrogen-bond acceptors (Lipinski definition) is 5. The van der Waals surface area contributed by atoms with Crippen molar-refractivity contribution in [1.82, 2.24) is 15.2 Å². The van der Waals surface area contributed by atoms with Gasteiger partial charge in [-0.15, -0.1) is 5.10 Å². The first-order valence-electron chi connectivity index (χ1n) is 6.28. The zero-order chi connectivity index (χ0) is 14.5. The molecule has 0 aliphatic rings. The highest BCUT2D eigenvalue weighted by molar-refractivity contribution is 7.99. The molecule has 0 saturated heterocycles. The monoisotopic (exact) mass is 291 g/mol. The molecule has 106 valence electrons. The second-order valence-electron chi connectivity index (χ2n) is 4.22. The smallest absolute Gasteiger partial charge is 0.237 e. The normalized spacial score (nSPS) is 10.5. The molecule has 7 heteroatoms. The number of anilines is 2. The number of aromatic amines is 1. The largest absolute Gasteiger partial charge is 0.368 e. The van der Waals surface area contributed by atoms with Crippen LogP contribution in [0.15, 0.2) is 29.4 Å². The lowest BCUT2D eigenvalue weighted by atomic mass is 10.2. The molecule has 0 spiro atoms. The van der Waals surface area contributed by atoms with E-state index in [4.69, 9.17) is 5.73 Å². The number of aryl methyl sites for hydroxylation is 1. The second-order valence-corrected chi connectivity index (χ2v) is 5.16. The zero-order valence-electron chi connectivity index (χ0n) is 11.5. The molecule has 2 aromatic rings. The number of nitrogens with two attached hydrogens (primary N) is 1. The highest BCUT2D eigenvalue weighted by Gasteiger charge is 2.16. The number of nitrogen functional groups attached to an aromatic ring is 1. The number of H-pyrrole nitrogens is 1. The summed E-state index contributed by atoms with van der Waals surface area (Å²) in [7, 11) is 0. The quantitative estimate of drug-likeness (QED) is 0.821. The molecule has 3 N–H and O–H groups in total. The fourth-order valence-electron chi connectivity index (χ4n) is 1.87. The number of amides is 1. The van der Waals surface area contributed by atoms with E-state index >= 15 is 0 Å². The molecule has 0 saturated carbocycles. The molecule has 0 radical (unpaired) electrons. The van der Waals surface area contributed by atoms with Gasteiger partial charge in [0.15, 0.2) is 0 Å². The van der Waals surface area contributed by atoms with E-state index in [2.05, 4.69) is 15.2 Å². The summed E-state index contributed by atoms with van der Waals surface area (Å²) in [5, 5.41) is 6.92. The van der Waals surface area contributed by atoms with Crippen LogP contribution in [-0.2, 0) is 4.79 Å². The van der Waals surface area contributed by atoms with Crippen molar-refractivity contribution in [2.24, 2.45) is 0 Å². The SMILES string of the molecule is CCN(C(=O)CSc1n[nH]c(N)n1)c1ccccc1C. The molecule has 0 fully saturated rings. The number of carbonyl (C=O) groups is 1. The first-order chi connectivity index (χ1) is 9.61. The van der Waals surface area contributed by atoms with Crippen LogP contribution in [-0.4, -0.2) is 33.4 Å². The molecule has 0 atom stereocenters. The zero-order valence-corrected chi connectivity index (χ0v) is 12.3. The number of aromatic nitrogens is 3. The maximum absolute atomic E-state index is 12.3. The van der Waals surface area contributed by atoms with Crippen molar-refractivity contribution in [1.29, 1.82) is 0 Å². The Bertz CT molecular complexity index is 598. The summed E-state index contributed by atoms with van der Waals surface area (Å²) in [6.07, 6.45) is 0. The molecule has 6 nitrogen and oxygen atoms in total. The summed E-state index contributed by atoms with van der Waals surface area (Å²) in [5.41, 5.74) is 7.46. The third-order valence-corrected chi connectivity index (χ3v) is 3.66. The Morgan fingerprint density at radius 1 is 1.45 bits per heavy atom. The summed E-state index contributed by atoms with van der Waals surface area (Å²) in [4.78, 5) is 18.0. The van der Waals surface area contributed by atoms with Gasteiger partial charge >= 0.3 is 0 Å². The summed E-state index contributed by atoms with van der Waals surface area (Å²) in [6.45, 7) is 4.58. The summed E-state index contributed by atoms with van der Waals surface area (Å²) < 4.78 is 0. The van der Waals surface area contributed by atoms with Gasteiger partial charge in [0, 0.05) is 12.2 Å². The number of hydrogen-bond donors (Lipinski definition) is 2. The van der Waals surface area contributed by atoms with Gasteiger partial charge < -0.3 is 10.6 Å². The van der Waals surface area contributed by atoms with Crippen LogP contribution >= 0.6 is 11.8 Å².